The molecular formula is C18H23N5O3S. The van der Waals surface area contributed by atoms with Gasteiger partial charge in [0.25, 0.3) is 0 Å². The predicted molar refractivity (Wildman–Crippen MR) is 99.1 cm³/mol. The molecule has 0 N–H and O–H groups in total. The highest BCUT2D eigenvalue weighted by atomic mass is 32.2. The fourth-order valence-electron chi connectivity index (χ4n) is 3.55. The van der Waals surface area contributed by atoms with Crippen molar-refractivity contribution in [3.05, 3.63) is 47.3 Å². The third-order valence-corrected chi connectivity index (χ3v) is 6.89. The van der Waals surface area contributed by atoms with E-state index in [4.69, 9.17) is 0 Å². The highest BCUT2D eigenvalue weighted by molar-refractivity contribution is 7.88. The Morgan fingerprint density at radius 3 is 2.78 bits per heavy atom. The maximum atomic E-state index is 12.6. The molecule has 9 heteroatoms. The molecule has 3 heterocycles. The molecule has 8 nitrogen and oxygen atoms in total. The number of aromatic nitrogens is 3. The molecule has 2 aliphatic heterocycles. The summed E-state index contributed by atoms with van der Waals surface area (Å²) in [6.45, 7) is 3.99. The summed E-state index contributed by atoms with van der Waals surface area (Å²) in [5.74, 6) is 0.169. The van der Waals surface area contributed by atoms with Crippen LogP contribution in [-0.2, 0) is 27.1 Å². The van der Waals surface area contributed by atoms with Gasteiger partial charge in [0.1, 0.15) is 5.69 Å². The lowest BCUT2D eigenvalue weighted by Gasteiger charge is -2.37. The Balaban J connectivity index is 1.34. The quantitative estimate of drug-likeness (QED) is 0.738. The monoisotopic (exact) mass is 389 g/mol. The number of amides is 1. The fraction of sp³-hybridized carbons (Fsp3) is 0.500. The molecule has 144 valence electrons. The summed E-state index contributed by atoms with van der Waals surface area (Å²) in [7, 11) is -3.33. The van der Waals surface area contributed by atoms with Crippen molar-refractivity contribution in [2.45, 2.75) is 38.1 Å². The number of carbonyl (C=O) groups excluding carboxylic acids is 1. The molecule has 2 aromatic rings. The molecule has 2 saturated heterocycles. The zero-order valence-electron chi connectivity index (χ0n) is 15.3. The minimum atomic E-state index is -3.33. The van der Waals surface area contributed by atoms with Crippen LogP contribution in [0.2, 0.25) is 0 Å². The van der Waals surface area contributed by atoms with Gasteiger partial charge in [-0.05, 0) is 18.9 Å². The van der Waals surface area contributed by atoms with Crippen LogP contribution in [0.15, 0.2) is 30.5 Å². The molecule has 0 aliphatic carbocycles. The van der Waals surface area contributed by atoms with Crippen LogP contribution in [-0.4, -0.2) is 58.2 Å². The number of likely N-dealkylation sites (tertiary alicyclic amines) is 1. The van der Waals surface area contributed by atoms with Crippen molar-refractivity contribution in [1.82, 2.24) is 24.2 Å². The minimum absolute atomic E-state index is 0.00665. The van der Waals surface area contributed by atoms with Crippen LogP contribution in [0.1, 0.15) is 35.7 Å². The summed E-state index contributed by atoms with van der Waals surface area (Å²) in [6.07, 6.45) is 3.31. The van der Waals surface area contributed by atoms with E-state index in [1.54, 1.807) is 9.58 Å². The Morgan fingerprint density at radius 2 is 2.07 bits per heavy atom. The number of aryl methyl sites for hydroxylation is 1. The van der Waals surface area contributed by atoms with E-state index in [2.05, 4.69) is 10.3 Å². The first-order valence-corrected chi connectivity index (χ1v) is 10.7. The Morgan fingerprint density at radius 1 is 1.26 bits per heavy atom. The molecule has 1 amide bonds. The minimum Gasteiger partial charge on any atom is -0.337 e. The van der Waals surface area contributed by atoms with E-state index in [1.165, 1.54) is 4.31 Å². The molecular weight excluding hydrogens is 366 g/mol. The van der Waals surface area contributed by atoms with Gasteiger partial charge >= 0.3 is 0 Å². The summed E-state index contributed by atoms with van der Waals surface area (Å²) < 4.78 is 28.4. The van der Waals surface area contributed by atoms with Gasteiger partial charge in [0.05, 0.1) is 24.5 Å². The molecule has 4 rings (SSSR count). The van der Waals surface area contributed by atoms with Crippen LogP contribution < -0.4 is 0 Å². The molecule has 1 aromatic carbocycles. The smallest absolute Gasteiger partial charge is 0.222 e. The predicted octanol–water partition coefficient (Wildman–Crippen LogP) is 1.10. The second-order valence-corrected chi connectivity index (χ2v) is 9.29. The van der Waals surface area contributed by atoms with E-state index in [0.717, 1.165) is 29.8 Å². The normalized spacial score (nSPS) is 18.9. The third kappa shape index (κ3) is 3.89. The second kappa shape index (κ2) is 7.05. The lowest BCUT2D eigenvalue weighted by Crippen LogP contribution is -2.51. The van der Waals surface area contributed by atoms with Gasteiger partial charge in [-0.25, -0.2) is 13.1 Å². The van der Waals surface area contributed by atoms with Crippen molar-refractivity contribution in [1.29, 1.82) is 0 Å². The van der Waals surface area contributed by atoms with Gasteiger partial charge in [-0.1, -0.05) is 35.0 Å². The summed E-state index contributed by atoms with van der Waals surface area (Å²) in [6, 6.07) is 7.56. The fourth-order valence-corrected chi connectivity index (χ4v) is 5.13. The lowest BCUT2D eigenvalue weighted by atomic mass is 10.2. The van der Waals surface area contributed by atoms with Crippen molar-refractivity contribution < 1.29 is 13.2 Å². The van der Waals surface area contributed by atoms with Gasteiger partial charge in [0, 0.05) is 26.1 Å². The van der Waals surface area contributed by atoms with Crippen molar-refractivity contribution in [3.63, 3.8) is 0 Å². The van der Waals surface area contributed by atoms with Gasteiger partial charge in [-0.3, -0.25) is 4.79 Å². The number of carbonyl (C=O) groups is 1. The van der Waals surface area contributed by atoms with Crippen LogP contribution in [0.5, 0.6) is 0 Å². The Labute approximate surface area is 158 Å². The average molecular weight is 389 g/mol. The number of benzene rings is 1. The average Bonchev–Trinajstić information content (AvgIpc) is 3.15. The summed E-state index contributed by atoms with van der Waals surface area (Å²) in [5.41, 5.74) is 2.60. The zero-order chi connectivity index (χ0) is 19.0. The van der Waals surface area contributed by atoms with E-state index >= 15 is 0 Å². The van der Waals surface area contributed by atoms with Crippen molar-refractivity contribution in [2.75, 3.05) is 19.6 Å². The van der Waals surface area contributed by atoms with Crippen molar-refractivity contribution >= 4 is 15.9 Å². The molecule has 0 atom stereocenters. The van der Waals surface area contributed by atoms with Crippen LogP contribution >= 0.6 is 0 Å². The van der Waals surface area contributed by atoms with Crippen molar-refractivity contribution in [2.24, 2.45) is 0 Å². The van der Waals surface area contributed by atoms with Crippen LogP contribution in [0, 0.1) is 6.92 Å². The number of nitrogens with zero attached hydrogens (tertiary/aromatic N) is 5. The number of rotatable bonds is 6. The highest BCUT2D eigenvalue weighted by Crippen LogP contribution is 2.26. The molecule has 0 unspecified atom stereocenters. The van der Waals surface area contributed by atoms with Gasteiger partial charge in [0.2, 0.25) is 15.9 Å². The van der Waals surface area contributed by atoms with E-state index in [-0.39, 0.29) is 17.7 Å². The van der Waals surface area contributed by atoms with E-state index in [0.29, 0.717) is 26.1 Å². The van der Waals surface area contributed by atoms with E-state index in [1.807, 2.05) is 37.4 Å². The molecule has 2 aliphatic rings. The topological polar surface area (TPSA) is 88.4 Å². The molecule has 27 heavy (non-hydrogen) atoms. The standard InChI is InChI=1S/C18H23N5O3S/c1-14-4-2-5-15(8-14)13-27(25,26)22-11-17(12-22)23-10-16(19-20-23)9-21-7-3-6-18(21)24/h2,4-5,8,10,17H,3,6-7,9,11-13H2,1H3. The van der Waals surface area contributed by atoms with Crippen LogP contribution in [0.3, 0.4) is 0 Å². The largest absolute Gasteiger partial charge is 0.337 e. The highest BCUT2D eigenvalue weighted by Gasteiger charge is 2.37. The third-order valence-electron chi connectivity index (χ3n) is 5.11. The molecule has 0 saturated carbocycles. The Hall–Kier alpha value is -2.26. The van der Waals surface area contributed by atoms with E-state index < -0.39 is 10.0 Å². The van der Waals surface area contributed by atoms with Crippen LogP contribution in [0.4, 0.5) is 0 Å². The Bertz CT molecular complexity index is 949. The summed E-state index contributed by atoms with van der Waals surface area (Å²) in [4.78, 5) is 13.5. The molecule has 2 fully saturated rings. The van der Waals surface area contributed by atoms with Gasteiger partial charge in [-0.15, -0.1) is 5.10 Å². The number of sulfonamides is 1. The Kier molecular flexibility index (Phi) is 4.73. The van der Waals surface area contributed by atoms with Gasteiger partial charge < -0.3 is 4.90 Å². The van der Waals surface area contributed by atoms with Gasteiger partial charge in [0.15, 0.2) is 0 Å². The summed E-state index contributed by atoms with van der Waals surface area (Å²) >= 11 is 0. The second-order valence-electron chi connectivity index (χ2n) is 7.32. The number of hydrogen-bond donors (Lipinski definition) is 0. The first-order chi connectivity index (χ1) is 12.9. The van der Waals surface area contributed by atoms with Gasteiger partial charge in [-0.2, -0.15) is 4.31 Å². The number of hydrogen-bond acceptors (Lipinski definition) is 5. The summed E-state index contributed by atoms with van der Waals surface area (Å²) in [5, 5.41) is 8.26. The first-order valence-electron chi connectivity index (χ1n) is 9.12. The zero-order valence-corrected chi connectivity index (χ0v) is 16.1. The molecule has 0 bridgehead atoms. The molecule has 0 radical (unpaired) electrons. The lowest BCUT2D eigenvalue weighted by molar-refractivity contribution is -0.128. The molecule has 1 aromatic heterocycles. The van der Waals surface area contributed by atoms with Crippen LogP contribution in [0.25, 0.3) is 0 Å². The molecule has 0 spiro atoms. The van der Waals surface area contributed by atoms with E-state index in [9.17, 15) is 13.2 Å². The van der Waals surface area contributed by atoms with Crippen molar-refractivity contribution in [3.8, 4) is 0 Å². The maximum Gasteiger partial charge on any atom is 0.222 e. The first kappa shape index (κ1) is 18.1. The SMILES string of the molecule is Cc1cccc(CS(=O)(=O)N2CC(n3cc(CN4CCCC4=O)nn3)C2)c1. The maximum absolute atomic E-state index is 12.6.